The molecule has 0 spiro atoms. The van der Waals surface area contributed by atoms with Crippen molar-refractivity contribution in [3.8, 4) is 11.4 Å². The summed E-state index contributed by atoms with van der Waals surface area (Å²) in [6.07, 6.45) is 3.53. The maximum absolute atomic E-state index is 5.43. The zero-order chi connectivity index (χ0) is 16.2. The standard InChI is InChI=1S/C16H20N6O2/c1-2-13(12-17-3-1)14-18-15(21-4-8-23-9-5-21)20-16(19-14)22-6-10-24-11-7-22/h1-3,12H,4-11H2. The molecule has 2 aromatic rings. The van der Waals surface area contributed by atoms with Crippen LogP contribution in [0.4, 0.5) is 11.9 Å². The summed E-state index contributed by atoms with van der Waals surface area (Å²) < 4.78 is 10.9. The van der Waals surface area contributed by atoms with Gasteiger partial charge in [-0.15, -0.1) is 0 Å². The number of nitrogens with zero attached hydrogens (tertiary/aromatic N) is 6. The molecule has 0 unspecified atom stereocenters. The van der Waals surface area contributed by atoms with Gasteiger partial charge in [0.15, 0.2) is 5.82 Å². The highest BCUT2D eigenvalue weighted by Crippen LogP contribution is 2.22. The minimum Gasteiger partial charge on any atom is -0.378 e. The lowest BCUT2D eigenvalue weighted by Gasteiger charge is -2.30. The lowest BCUT2D eigenvalue weighted by atomic mass is 10.3. The summed E-state index contributed by atoms with van der Waals surface area (Å²) in [6.45, 7) is 5.94. The predicted molar refractivity (Wildman–Crippen MR) is 89.1 cm³/mol. The highest BCUT2D eigenvalue weighted by Gasteiger charge is 2.21. The summed E-state index contributed by atoms with van der Waals surface area (Å²) in [7, 11) is 0. The molecule has 0 amide bonds. The van der Waals surface area contributed by atoms with Crippen molar-refractivity contribution in [2.75, 3.05) is 62.4 Å². The van der Waals surface area contributed by atoms with Crippen LogP contribution in [0, 0.1) is 0 Å². The lowest BCUT2D eigenvalue weighted by molar-refractivity contribution is 0.121. The molecule has 8 nitrogen and oxygen atoms in total. The molecule has 126 valence electrons. The van der Waals surface area contributed by atoms with Crippen LogP contribution in [0.3, 0.4) is 0 Å². The van der Waals surface area contributed by atoms with Crippen molar-refractivity contribution in [2.45, 2.75) is 0 Å². The summed E-state index contributed by atoms with van der Waals surface area (Å²) in [4.78, 5) is 22.5. The van der Waals surface area contributed by atoms with Gasteiger partial charge in [0.2, 0.25) is 11.9 Å². The molecule has 8 heteroatoms. The van der Waals surface area contributed by atoms with Gasteiger partial charge in [-0.2, -0.15) is 15.0 Å². The molecule has 4 heterocycles. The number of aromatic nitrogens is 4. The number of pyridine rings is 1. The summed E-state index contributed by atoms with van der Waals surface area (Å²) >= 11 is 0. The van der Waals surface area contributed by atoms with Gasteiger partial charge >= 0.3 is 0 Å². The Bertz CT molecular complexity index is 635. The Morgan fingerprint density at radius 1 is 0.792 bits per heavy atom. The van der Waals surface area contributed by atoms with Gasteiger partial charge in [-0.25, -0.2) is 0 Å². The Labute approximate surface area is 140 Å². The second-order valence-corrected chi connectivity index (χ2v) is 5.70. The molecule has 0 saturated carbocycles. The average Bonchev–Trinajstić information content (AvgIpc) is 2.70. The number of hydrogen-bond acceptors (Lipinski definition) is 8. The predicted octanol–water partition coefficient (Wildman–Crippen LogP) is 0.607. The van der Waals surface area contributed by atoms with Crippen molar-refractivity contribution < 1.29 is 9.47 Å². The summed E-state index contributed by atoms with van der Waals surface area (Å²) in [5.41, 5.74) is 0.893. The van der Waals surface area contributed by atoms with E-state index in [1.165, 1.54) is 0 Å². The summed E-state index contributed by atoms with van der Waals surface area (Å²) in [6, 6.07) is 3.86. The van der Waals surface area contributed by atoms with E-state index >= 15 is 0 Å². The van der Waals surface area contributed by atoms with Crippen molar-refractivity contribution in [1.82, 2.24) is 19.9 Å². The van der Waals surface area contributed by atoms with E-state index in [2.05, 4.69) is 24.8 Å². The Morgan fingerprint density at radius 3 is 1.88 bits per heavy atom. The average molecular weight is 328 g/mol. The molecule has 0 atom stereocenters. The van der Waals surface area contributed by atoms with Gasteiger partial charge in [0.25, 0.3) is 0 Å². The second kappa shape index (κ2) is 7.06. The normalized spacial score (nSPS) is 18.7. The fraction of sp³-hybridized carbons (Fsp3) is 0.500. The molecule has 0 aliphatic carbocycles. The van der Waals surface area contributed by atoms with E-state index < -0.39 is 0 Å². The number of rotatable bonds is 3. The van der Waals surface area contributed by atoms with Crippen molar-refractivity contribution in [3.05, 3.63) is 24.5 Å². The Hall–Kier alpha value is -2.32. The van der Waals surface area contributed by atoms with Gasteiger partial charge < -0.3 is 19.3 Å². The third-order valence-corrected chi connectivity index (χ3v) is 4.12. The Kier molecular flexibility index (Phi) is 4.48. The maximum Gasteiger partial charge on any atom is 0.230 e. The van der Waals surface area contributed by atoms with E-state index in [0.717, 1.165) is 31.7 Å². The number of hydrogen-bond donors (Lipinski definition) is 0. The highest BCUT2D eigenvalue weighted by atomic mass is 16.5. The van der Waals surface area contributed by atoms with E-state index in [9.17, 15) is 0 Å². The van der Waals surface area contributed by atoms with Crippen LogP contribution < -0.4 is 9.80 Å². The molecule has 2 saturated heterocycles. The summed E-state index contributed by atoms with van der Waals surface area (Å²) in [5.74, 6) is 2.06. The van der Waals surface area contributed by atoms with Gasteiger partial charge in [0.05, 0.1) is 26.4 Å². The minimum atomic E-state index is 0.654. The van der Waals surface area contributed by atoms with Crippen LogP contribution in [-0.2, 0) is 9.47 Å². The molecule has 0 aromatic carbocycles. The molecule has 0 bridgehead atoms. The smallest absolute Gasteiger partial charge is 0.230 e. The van der Waals surface area contributed by atoms with E-state index in [-0.39, 0.29) is 0 Å². The number of morpholine rings is 2. The van der Waals surface area contributed by atoms with Crippen LogP contribution >= 0.6 is 0 Å². The van der Waals surface area contributed by atoms with E-state index in [1.807, 2.05) is 12.1 Å². The Morgan fingerprint density at radius 2 is 1.38 bits per heavy atom. The van der Waals surface area contributed by atoms with E-state index in [1.54, 1.807) is 12.4 Å². The first kappa shape index (κ1) is 15.2. The number of ether oxygens (including phenoxy) is 2. The van der Waals surface area contributed by atoms with Crippen molar-refractivity contribution in [3.63, 3.8) is 0 Å². The van der Waals surface area contributed by atoms with Crippen molar-refractivity contribution in [2.24, 2.45) is 0 Å². The van der Waals surface area contributed by atoms with Crippen LogP contribution in [0.15, 0.2) is 24.5 Å². The Balaban J connectivity index is 1.72. The molecular formula is C16H20N6O2. The number of anilines is 2. The van der Waals surface area contributed by atoms with E-state index in [4.69, 9.17) is 14.5 Å². The third-order valence-electron chi connectivity index (χ3n) is 4.12. The van der Waals surface area contributed by atoms with Gasteiger partial charge in [0.1, 0.15) is 0 Å². The first-order valence-electron chi connectivity index (χ1n) is 8.22. The summed E-state index contributed by atoms with van der Waals surface area (Å²) in [5, 5.41) is 0. The van der Waals surface area contributed by atoms with Gasteiger partial charge in [-0.1, -0.05) is 0 Å². The topological polar surface area (TPSA) is 76.5 Å². The first-order chi connectivity index (χ1) is 11.9. The van der Waals surface area contributed by atoms with Gasteiger partial charge in [-0.3, -0.25) is 4.98 Å². The molecule has 0 N–H and O–H groups in total. The molecule has 2 aliphatic rings. The maximum atomic E-state index is 5.43. The van der Waals surface area contributed by atoms with Crippen LogP contribution in [0.1, 0.15) is 0 Å². The SMILES string of the molecule is c1cncc(-c2nc(N3CCOCC3)nc(N3CCOCC3)n2)c1. The molecule has 2 fully saturated rings. The highest BCUT2D eigenvalue weighted by molar-refractivity contribution is 5.57. The van der Waals surface area contributed by atoms with Crippen molar-refractivity contribution >= 4 is 11.9 Å². The molecular weight excluding hydrogens is 308 g/mol. The van der Waals surface area contributed by atoms with Crippen LogP contribution in [-0.4, -0.2) is 72.5 Å². The minimum absolute atomic E-state index is 0.654. The monoisotopic (exact) mass is 328 g/mol. The molecule has 0 radical (unpaired) electrons. The zero-order valence-corrected chi connectivity index (χ0v) is 13.5. The van der Waals surface area contributed by atoms with Gasteiger partial charge in [-0.05, 0) is 12.1 Å². The zero-order valence-electron chi connectivity index (χ0n) is 13.5. The quantitative estimate of drug-likeness (QED) is 0.811. The molecule has 2 aliphatic heterocycles. The van der Waals surface area contributed by atoms with Crippen LogP contribution in [0.25, 0.3) is 11.4 Å². The lowest BCUT2D eigenvalue weighted by Crippen LogP contribution is -2.40. The van der Waals surface area contributed by atoms with Crippen molar-refractivity contribution in [1.29, 1.82) is 0 Å². The van der Waals surface area contributed by atoms with E-state index in [0.29, 0.717) is 44.1 Å². The molecule has 2 aromatic heterocycles. The fourth-order valence-electron chi connectivity index (χ4n) is 2.79. The molecule has 24 heavy (non-hydrogen) atoms. The first-order valence-corrected chi connectivity index (χ1v) is 8.22. The van der Waals surface area contributed by atoms with Crippen LogP contribution in [0.2, 0.25) is 0 Å². The second-order valence-electron chi connectivity index (χ2n) is 5.70. The third kappa shape index (κ3) is 3.29. The van der Waals surface area contributed by atoms with Gasteiger partial charge in [0, 0.05) is 44.1 Å². The largest absolute Gasteiger partial charge is 0.378 e. The molecule has 4 rings (SSSR count). The fourth-order valence-corrected chi connectivity index (χ4v) is 2.79. The van der Waals surface area contributed by atoms with Crippen LogP contribution in [0.5, 0.6) is 0 Å².